The topological polar surface area (TPSA) is 63.5 Å². The van der Waals surface area contributed by atoms with Crippen LogP contribution in [-0.4, -0.2) is 17.4 Å². The molecule has 0 fully saturated rings. The Balaban J connectivity index is 2.46. The van der Waals surface area contributed by atoms with Crippen molar-refractivity contribution in [1.82, 2.24) is 0 Å². The lowest BCUT2D eigenvalue weighted by Crippen LogP contribution is -2.31. The van der Waals surface area contributed by atoms with E-state index in [4.69, 9.17) is 0 Å². The molecule has 22 heavy (non-hydrogen) atoms. The van der Waals surface area contributed by atoms with Crippen LogP contribution >= 0.6 is 0 Å². The lowest BCUT2D eigenvalue weighted by molar-refractivity contribution is -0.385. The van der Waals surface area contributed by atoms with Crippen LogP contribution in [0.25, 0.3) is 0 Å². The number of amides is 1. The number of anilines is 1. The third kappa shape index (κ3) is 3.03. The number of para-hydroxylation sites is 1. The largest absolute Gasteiger partial charge is 0.305 e. The standard InChI is InChI=1S/C17H16N2O3/c1-3-12-18(14-8-5-4-6-9-14)17(20)15-10-7-11-16(13(15)2)19(21)22/h3-11H,1,12H2,2H3. The third-order valence-corrected chi connectivity index (χ3v) is 3.36. The smallest absolute Gasteiger partial charge is 0.273 e. The van der Waals surface area contributed by atoms with Crippen molar-refractivity contribution in [2.75, 3.05) is 11.4 Å². The van der Waals surface area contributed by atoms with Gasteiger partial charge in [0.25, 0.3) is 11.6 Å². The first-order valence-electron chi connectivity index (χ1n) is 6.78. The highest BCUT2D eigenvalue weighted by Crippen LogP contribution is 2.24. The minimum Gasteiger partial charge on any atom is -0.305 e. The molecule has 2 aromatic rings. The van der Waals surface area contributed by atoms with E-state index in [1.807, 2.05) is 30.3 Å². The maximum atomic E-state index is 12.8. The van der Waals surface area contributed by atoms with E-state index in [-0.39, 0.29) is 11.6 Å². The first-order valence-corrected chi connectivity index (χ1v) is 6.78. The van der Waals surface area contributed by atoms with Gasteiger partial charge in [0.05, 0.1) is 4.92 Å². The molecule has 2 rings (SSSR count). The molecule has 0 spiro atoms. The average Bonchev–Trinajstić information content (AvgIpc) is 2.52. The molecule has 0 aliphatic carbocycles. The predicted octanol–water partition coefficient (Wildman–Crippen LogP) is 3.74. The van der Waals surface area contributed by atoms with Crippen molar-refractivity contribution in [1.29, 1.82) is 0 Å². The van der Waals surface area contributed by atoms with Crippen molar-refractivity contribution in [2.45, 2.75) is 6.92 Å². The Labute approximate surface area is 128 Å². The molecule has 0 aliphatic heterocycles. The zero-order valence-electron chi connectivity index (χ0n) is 12.2. The van der Waals surface area contributed by atoms with Gasteiger partial charge in [0.15, 0.2) is 0 Å². The van der Waals surface area contributed by atoms with Crippen LogP contribution in [0, 0.1) is 17.0 Å². The van der Waals surface area contributed by atoms with Gasteiger partial charge in [-0.15, -0.1) is 6.58 Å². The number of nitrogens with zero attached hydrogens (tertiary/aromatic N) is 2. The minimum atomic E-state index is -0.480. The molecule has 0 saturated carbocycles. The summed E-state index contributed by atoms with van der Waals surface area (Å²) in [5, 5.41) is 11.0. The number of carbonyl (C=O) groups is 1. The van der Waals surface area contributed by atoms with Gasteiger partial charge >= 0.3 is 0 Å². The highest BCUT2D eigenvalue weighted by Gasteiger charge is 2.22. The molecule has 0 unspecified atom stereocenters. The Bertz CT molecular complexity index is 711. The minimum absolute atomic E-state index is 0.0579. The Hall–Kier alpha value is -2.95. The lowest BCUT2D eigenvalue weighted by Gasteiger charge is -2.22. The number of rotatable bonds is 5. The molecule has 0 saturated heterocycles. The monoisotopic (exact) mass is 296 g/mol. The second kappa shape index (κ2) is 6.67. The van der Waals surface area contributed by atoms with Gasteiger partial charge < -0.3 is 4.90 Å². The molecule has 0 bridgehead atoms. The number of carbonyl (C=O) groups excluding carboxylic acids is 1. The number of nitro groups is 1. The van der Waals surface area contributed by atoms with E-state index in [2.05, 4.69) is 6.58 Å². The van der Waals surface area contributed by atoms with Crippen molar-refractivity contribution in [3.05, 3.63) is 82.4 Å². The summed E-state index contributed by atoms with van der Waals surface area (Å²) in [5.41, 5.74) is 1.35. The van der Waals surface area contributed by atoms with Crippen LogP contribution in [0.3, 0.4) is 0 Å². The van der Waals surface area contributed by atoms with E-state index in [0.717, 1.165) is 5.69 Å². The van der Waals surface area contributed by atoms with Crippen LogP contribution in [0.4, 0.5) is 11.4 Å². The van der Waals surface area contributed by atoms with Gasteiger partial charge in [0.2, 0.25) is 0 Å². The number of hydrogen-bond donors (Lipinski definition) is 0. The first kappa shape index (κ1) is 15.4. The third-order valence-electron chi connectivity index (χ3n) is 3.36. The molecule has 5 nitrogen and oxygen atoms in total. The molecule has 0 atom stereocenters. The van der Waals surface area contributed by atoms with E-state index >= 15 is 0 Å². The molecule has 0 radical (unpaired) electrons. The van der Waals surface area contributed by atoms with Gasteiger partial charge in [-0.25, -0.2) is 0 Å². The fourth-order valence-corrected chi connectivity index (χ4v) is 2.24. The summed E-state index contributed by atoms with van der Waals surface area (Å²) in [4.78, 5) is 24.9. The molecule has 2 aromatic carbocycles. The van der Waals surface area contributed by atoms with Crippen molar-refractivity contribution >= 4 is 17.3 Å². The predicted molar refractivity (Wildman–Crippen MR) is 86.1 cm³/mol. The lowest BCUT2D eigenvalue weighted by atomic mass is 10.1. The van der Waals surface area contributed by atoms with Crippen LogP contribution in [-0.2, 0) is 0 Å². The van der Waals surface area contributed by atoms with Crippen LogP contribution in [0.2, 0.25) is 0 Å². The van der Waals surface area contributed by atoms with Gasteiger partial charge in [0.1, 0.15) is 0 Å². The highest BCUT2D eigenvalue weighted by molar-refractivity contribution is 6.07. The Morgan fingerprint density at radius 2 is 1.91 bits per heavy atom. The Morgan fingerprint density at radius 1 is 1.23 bits per heavy atom. The van der Waals surface area contributed by atoms with E-state index < -0.39 is 4.92 Å². The van der Waals surface area contributed by atoms with Gasteiger partial charge in [-0.05, 0) is 25.1 Å². The highest BCUT2D eigenvalue weighted by atomic mass is 16.6. The maximum Gasteiger partial charge on any atom is 0.273 e. The normalized spacial score (nSPS) is 10.0. The average molecular weight is 296 g/mol. The van der Waals surface area contributed by atoms with Gasteiger partial charge in [0, 0.05) is 29.4 Å². The quantitative estimate of drug-likeness (QED) is 0.479. The fraction of sp³-hybridized carbons (Fsp3) is 0.118. The summed E-state index contributed by atoms with van der Waals surface area (Å²) in [6.07, 6.45) is 1.62. The Morgan fingerprint density at radius 3 is 2.50 bits per heavy atom. The molecular formula is C17H16N2O3. The van der Waals surface area contributed by atoms with Crippen molar-refractivity contribution < 1.29 is 9.72 Å². The second-order valence-electron chi connectivity index (χ2n) is 4.75. The summed E-state index contributed by atoms with van der Waals surface area (Å²) in [7, 11) is 0. The first-order chi connectivity index (χ1) is 10.6. The summed E-state index contributed by atoms with van der Waals surface area (Å²) < 4.78 is 0. The van der Waals surface area contributed by atoms with Crippen molar-refractivity contribution in [2.24, 2.45) is 0 Å². The van der Waals surface area contributed by atoms with Crippen molar-refractivity contribution in [3.8, 4) is 0 Å². The molecule has 5 heteroatoms. The molecule has 0 aromatic heterocycles. The van der Waals surface area contributed by atoms with E-state index in [9.17, 15) is 14.9 Å². The summed E-state index contributed by atoms with van der Waals surface area (Å²) in [5.74, 6) is -0.285. The summed E-state index contributed by atoms with van der Waals surface area (Å²) >= 11 is 0. The maximum absolute atomic E-state index is 12.8. The summed E-state index contributed by atoms with van der Waals surface area (Å²) in [6, 6.07) is 13.7. The van der Waals surface area contributed by atoms with Crippen LogP contribution in [0.5, 0.6) is 0 Å². The zero-order valence-corrected chi connectivity index (χ0v) is 12.2. The van der Waals surface area contributed by atoms with Crippen LogP contribution in [0.1, 0.15) is 15.9 Å². The SMILES string of the molecule is C=CCN(C(=O)c1cccc([N+](=O)[O-])c1C)c1ccccc1. The van der Waals surface area contributed by atoms with Crippen LogP contribution < -0.4 is 4.90 Å². The van der Waals surface area contributed by atoms with Gasteiger partial charge in [-0.2, -0.15) is 0 Å². The van der Waals surface area contributed by atoms with E-state index in [1.54, 1.807) is 24.0 Å². The van der Waals surface area contributed by atoms with E-state index in [0.29, 0.717) is 17.7 Å². The van der Waals surface area contributed by atoms with Crippen LogP contribution in [0.15, 0.2) is 61.2 Å². The molecule has 0 aliphatic rings. The molecule has 112 valence electrons. The number of nitro benzene ring substituents is 1. The molecule has 0 heterocycles. The number of hydrogen-bond acceptors (Lipinski definition) is 3. The Kier molecular flexibility index (Phi) is 4.68. The second-order valence-corrected chi connectivity index (χ2v) is 4.75. The number of benzene rings is 2. The van der Waals surface area contributed by atoms with Gasteiger partial charge in [-0.1, -0.05) is 30.3 Å². The molecular weight excluding hydrogens is 280 g/mol. The van der Waals surface area contributed by atoms with Gasteiger partial charge in [-0.3, -0.25) is 14.9 Å². The molecule has 0 N–H and O–H groups in total. The zero-order chi connectivity index (χ0) is 16.1. The van der Waals surface area contributed by atoms with E-state index in [1.165, 1.54) is 12.1 Å². The fourth-order valence-electron chi connectivity index (χ4n) is 2.24. The molecule has 1 amide bonds. The van der Waals surface area contributed by atoms with Crippen molar-refractivity contribution in [3.63, 3.8) is 0 Å². The summed E-state index contributed by atoms with van der Waals surface area (Å²) in [6.45, 7) is 5.58.